The molecule has 366 valence electrons. The van der Waals surface area contributed by atoms with Crippen molar-refractivity contribution in [3.8, 4) is 0 Å². The van der Waals surface area contributed by atoms with Crippen LogP contribution in [0.3, 0.4) is 0 Å². The molecular weight excluding hydrogens is 881 g/mol. The van der Waals surface area contributed by atoms with E-state index < -0.39 is 59.8 Å². The fraction of sp³-hybridized carbons (Fsp3) is 0.460. The number of esters is 2. The molecule has 68 heavy (non-hydrogen) atoms. The molecule has 0 aliphatic carbocycles. The molecule has 4 atom stereocenters. The third-order valence-corrected chi connectivity index (χ3v) is 11.6. The van der Waals surface area contributed by atoms with E-state index in [1.165, 1.54) is 9.80 Å². The van der Waals surface area contributed by atoms with Gasteiger partial charge in [-0.05, 0) is 68.1 Å². The van der Waals surface area contributed by atoms with Crippen LogP contribution < -0.4 is 11.1 Å². The Morgan fingerprint density at radius 1 is 0.588 bits per heavy atom. The standard InChI is InChI=1S/C36H40N2O8.C14H22N2O6/c39-32(31-18-10-11-21-38(31)33(40)23-37-36(43)46-26-29-16-8-3-9-17-29)22-30(35(42)45-25-28-14-6-2-7-15-28)19-20-34(41)44-24-27-12-4-1-5-13-27;15-8-12(18)16-6-2-1-3-10(16)11(17)7-9(14(21)22)4-5-13(19)20/h1-9,12-17,30-31H,10-11,18-26H2,(H,37,43);9-10H,1-8,15H2,(H,19,20)(H,21,22)/t30-,31?;9-,10?/m11/s1. The largest absolute Gasteiger partial charge is 0.481 e. The van der Waals surface area contributed by atoms with Crippen LogP contribution in [0, 0.1) is 11.8 Å². The Labute approximate surface area is 395 Å². The number of rotatable bonds is 23. The van der Waals surface area contributed by atoms with Crippen LogP contribution in [0.25, 0.3) is 0 Å². The Morgan fingerprint density at radius 2 is 1.04 bits per heavy atom. The van der Waals surface area contributed by atoms with Crippen molar-refractivity contribution in [2.24, 2.45) is 17.6 Å². The minimum Gasteiger partial charge on any atom is -0.481 e. The first kappa shape index (κ1) is 53.7. The summed E-state index contributed by atoms with van der Waals surface area (Å²) in [6.07, 6.45) is 2.34. The van der Waals surface area contributed by atoms with E-state index in [0.29, 0.717) is 32.4 Å². The van der Waals surface area contributed by atoms with Crippen LogP contribution >= 0.6 is 0 Å². The van der Waals surface area contributed by atoms with Crippen LogP contribution in [-0.4, -0.2) is 112 Å². The van der Waals surface area contributed by atoms with Gasteiger partial charge in [-0.3, -0.25) is 38.4 Å². The molecule has 0 aromatic heterocycles. The summed E-state index contributed by atoms with van der Waals surface area (Å²) >= 11 is 0. The van der Waals surface area contributed by atoms with E-state index in [1.807, 2.05) is 91.0 Å². The Hall–Kier alpha value is -6.95. The average molecular weight is 943 g/mol. The minimum absolute atomic E-state index is 0.0307. The Bertz CT molecular complexity index is 2140. The number of carbonyl (C=O) groups is 9. The molecule has 18 nitrogen and oxygen atoms in total. The van der Waals surface area contributed by atoms with Gasteiger partial charge in [0.1, 0.15) is 26.4 Å². The van der Waals surface area contributed by atoms with E-state index in [4.69, 9.17) is 30.2 Å². The molecule has 2 aliphatic rings. The second-order valence-electron chi connectivity index (χ2n) is 16.6. The lowest BCUT2D eigenvalue weighted by Crippen LogP contribution is -2.51. The number of alkyl carbamates (subject to hydrolysis) is 1. The minimum atomic E-state index is -1.19. The number of Topliss-reactive ketones (excluding diaryl/α,β-unsaturated/α-hetero) is 2. The van der Waals surface area contributed by atoms with Crippen molar-refractivity contribution in [3.63, 3.8) is 0 Å². The van der Waals surface area contributed by atoms with Gasteiger partial charge >= 0.3 is 30.0 Å². The van der Waals surface area contributed by atoms with Crippen molar-refractivity contribution < 1.29 is 67.6 Å². The van der Waals surface area contributed by atoms with Crippen LogP contribution in [0.5, 0.6) is 0 Å². The molecule has 0 spiro atoms. The second-order valence-corrected chi connectivity index (χ2v) is 16.6. The van der Waals surface area contributed by atoms with Gasteiger partial charge in [-0.25, -0.2) is 4.79 Å². The lowest BCUT2D eigenvalue weighted by Gasteiger charge is -2.35. The van der Waals surface area contributed by atoms with Gasteiger partial charge < -0.3 is 45.3 Å². The molecule has 0 bridgehead atoms. The Morgan fingerprint density at radius 3 is 1.53 bits per heavy atom. The summed E-state index contributed by atoms with van der Waals surface area (Å²) in [7, 11) is 0. The summed E-state index contributed by atoms with van der Waals surface area (Å²) in [5, 5.41) is 20.2. The maximum absolute atomic E-state index is 13.6. The summed E-state index contributed by atoms with van der Waals surface area (Å²) < 4.78 is 16.1. The zero-order valence-electron chi connectivity index (χ0n) is 38.2. The van der Waals surface area contributed by atoms with Gasteiger partial charge in [0.25, 0.3) is 0 Å². The zero-order valence-corrected chi connectivity index (χ0v) is 38.2. The van der Waals surface area contributed by atoms with Gasteiger partial charge in [0.15, 0.2) is 11.6 Å². The molecule has 3 aromatic carbocycles. The highest BCUT2D eigenvalue weighted by atomic mass is 16.5. The van der Waals surface area contributed by atoms with E-state index in [0.717, 1.165) is 36.0 Å². The smallest absolute Gasteiger partial charge is 0.407 e. The number of nitrogens with two attached hydrogens (primary N) is 1. The molecular formula is C50H62N4O14. The highest BCUT2D eigenvalue weighted by Gasteiger charge is 2.36. The van der Waals surface area contributed by atoms with Crippen LogP contribution in [0.2, 0.25) is 0 Å². The predicted molar refractivity (Wildman–Crippen MR) is 245 cm³/mol. The van der Waals surface area contributed by atoms with Crippen molar-refractivity contribution in [1.82, 2.24) is 15.1 Å². The Balaban J connectivity index is 0.000000384. The van der Waals surface area contributed by atoms with Crippen LogP contribution in [0.15, 0.2) is 91.0 Å². The third kappa shape index (κ3) is 18.7. The number of ether oxygens (including phenoxy) is 3. The normalized spacial score (nSPS) is 16.4. The molecule has 0 saturated carbocycles. The first-order chi connectivity index (χ1) is 32.7. The molecule has 5 rings (SSSR count). The molecule has 0 radical (unpaired) electrons. The summed E-state index contributed by atoms with van der Waals surface area (Å²) in [5.41, 5.74) is 7.78. The number of nitrogens with one attached hydrogen (secondary N) is 1. The monoisotopic (exact) mass is 942 g/mol. The number of carboxylic acid groups (broad SMARTS) is 2. The topological polar surface area (TPSA) is 266 Å². The SMILES string of the molecule is NCC(=O)N1CCCCC1C(=O)C[C@@H](CCC(=O)O)C(=O)O.O=C(CC[C@H](CC(=O)C1CCCCN1C(=O)CNC(=O)OCc1ccccc1)C(=O)OCc1ccccc1)OCc1ccccc1. The molecule has 2 saturated heterocycles. The van der Waals surface area contributed by atoms with E-state index in [2.05, 4.69) is 5.32 Å². The van der Waals surface area contributed by atoms with Gasteiger partial charge in [0.2, 0.25) is 11.8 Å². The van der Waals surface area contributed by atoms with E-state index >= 15 is 0 Å². The first-order valence-corrected chi connectivity index (χ1v) is 22.9. The number of ketones is 2. The van der Waals surface area contributed by atoms with E-state index in [9.17, 15) is 43.2 Å². The molecule has 2 heterocycles. The van der Waals surface area contributed by atoms with Crippen molar-refractivity contribution in [3.05, 3.63) is 108 Å². The number of aliphatic carboxylic acids is 2. The molecule has 3 amide bonds. The molecule has 2 fully saturated rings. The van der Waals surface area contributed by atoms with Crippen molar-refractivity contribution in [2.75, 3.05) is 26.2 Å². The van der Waals surface area contributed by atoms with Gasteiger partial charge in [-0.2, -0.15) is 0 Å². The maximum Gasteiger partial charge on any atom is 0.407 e. The highest BCUT2D eigenvalue weighted by molar-refractivity contribution is 5.93. The number of carboxylic acids is 2. The number of piperidine rings is 2. The number of carbonyl (C=O) groups excluding carboxylic acids is 7. The van der Waals surface area contributed by atoms with Crippen LogP contribution in [0.1, 0.15) is 93.7 Å². The van der Waals surface area contributed by atoms with Crippen molar-refractivity contribution in [2.45, 2.75) is 109 Å². The maximum atomic E-state index is 13.6. The van der Waals surface area contributed by atoms with Crippen molar-refractivity contribution >= 4 is 53.4 Å². The predicted octanol–water partition coefficient (Wildman–Crippen LogP) is 4.99. The van der Waals surface area contributed by atoms with Crippen molar-refractivity contribution in [1.29, 1.82) is 0 Å². The lowest BCUT2D eigenvalue weighted by atomic mass is 9.90. The molecule has 2 unspecified atom stereocenters. The number of benzene rings is 3. The number of hydrogen-bond donors (Lipinski definition) is 4. The van der Waals surface area contributed by atoms with E-state index in [-0.39, 0.29) is 88.9 Å². The number of amides is 3. The Kier molecular flexibility index (Phi) is 22.8. The third-order valence-electron chi connectivity index (χ3n) is 11.6. The van der Waals surface area contributed by atoms with Gasteiger partial charge in [-0.1, -0.05) is 91.0 Å². The summed E-state index contributed by atoms with van der Waals surface area (Å²) in [6.45, 7) is 0.480. The van der Waals surface area contributed by atoms with Gasteiger partial charge in [0, 0.05) is 38.8 Å². The fourth-order valence-electron chi connectivity index (χ4n) is 7.89. The average Bonchev–Trinajstić information content (AvgIpc) is 3.36. The molecule has 18 heteroatoms. The highest BCUT2D eigenvalue weighted by Crippen LogP contribution is 2.25. The van der Waals surface area contributed by atoms with Crippen LogP contribution in [-0.2, 0) is 72.4 Å². The number of hydrogen-bond acceptors (Lipinski definition) is 13. The quantitative estimate of drug-likeness (QED) is 0.0721. The molecule has 3 aromatic rings. The second kappa shape index (κ2) is 28.9. The number of nitrogens with zero attached hydrogens (tertiary/aromatic N) is 2. The fourth-order valence-corrected chi connectivity index (χ4v) is 7.89. The number of likely N-dealkylation sites (tertiary alicyclic amines) is 2. The molecule has 5 N–H and O–H groups in total. The zero-order chi connectivity index (χ0) is 49.3. The van der Waals surface area contributed by atoms with Gasteiger partial charge in [-0.15, -0.1) is 0 Å². The molecule has 2 aliphatic heterocycles. The first-order valence-electron chi connectivity index (χ1n) is 22.9. The summed E-state index contributed by atoms with van der Waals surface area (Å²) in [5.74, 6) is -6.68. The van der Waals surface area contributed by atoms with E-state index in [1.54, 1.807) is 0 Å². The summed E-state index contributed by atoms with van der Waals surface area (Å²) in [6, 6.07) is 26.2. The van der Waals surface area contributed by atoms with Crippen LogP contribution in [0.4, 0.5) is 4.79 Å². The lowest BCUT2D eigenvalue weighted by molar-refractivity contribution is -0.153. The summed E-state index contributed by atoms with van der Waals surface area (Å²) in [4.78, 5) is 113. The van der Waals surface area contributed by atoms with Gasteiger partial charge in [0.05, 0.1) is 30.5 Å².